The maximum absolute atomic E-state index is 13.3. The Hall–Kier alpha value is -3.51. The number of ether oxygens (including phenoxy) is 3. The summed E-state index contributed by atoms with van der Waals surface area (Å²) in [6, 6.07) is 8.22. The van der Waals surface area contributed by atoms with E-state index < -0.39 is 53.6 Å². The fourth-order valence-electron chi connectivity index (χ4n) is 4.22. The van der Waals surface area contributed by atoms with E-state index in [0.29, 0.717) is 0 Å². The smallest absolute Gasteiger partial charge is 0.305 e. The summed E-state index contributed by atoms with van der Waals surface area (Å²) < 4.78 is 16.2. The Kier molecular flexibility index (Phi) is 4.24. The maximum Gasteiger partial charge on any atom is 0.305 e. The number of hydrogen-bond acceptors (Lipinski definition) is 8. The van der Waals surface area contributed by atoms with Gasteiger partial charge in [0.15, 0.2) is 5.60 Å². The Labute approximate surface area is 165 Å². The second-order valence-corrected chi connectivity index (χ2v) is 6.99. The molecule has 1 aromatic carbocycles. The first-order valence-corrected chi connectivity index (χ1v) is 8.88. The van der Waals surface area contributed by atoms with Gasteiger partial charge in [-0.2, -0.15) is 5.26 Å². The van der Waals surface area contributed by atoms with E-state index in [0.717, 1.165) is 18.7 Å². The fourth-order valence-corrected chi connectivity index (χ4v) is 4.22. The van der Waals surface area contributed by atoms with Gasteiger partial charge in [0.05, 0.1) is 29.2 Å². The third-order valence-electron chi connectivity index (χ3n) is 5.26. The van der Waals surface area contributed by atoms with Crippen LogP contribution in [0.4, 0.5) is 5.69 Å². The number of carbonyl (C=O) groups excluding carboxylic acids is 4. The summed E-state index contributed by atoms with van der Waals surface area (Å²) in [5.41, 5.74) is -1.28. The SMILES string of the molecule is CC(=O)OC(OC(C)=O)[C@@]12C=C[C@@H](O1)[C@H]1C(=O)N(c3ccccc3C#N)C(=O)[C@H]12. The van der Waals surface area contributed by atoms with Gasteiger partial charge in [0.2, 0.25) is 11.8 Å². The third-order valence-corrected chi connectivity index (χ3v) is 5.26. The molecular weight excluding hydrogens is 380 g/mol. The highest BCUT2D eigenvalue weighted by molar-refractivity contribution is 6.23. The first-order valence-electron chi connectivity index (χ1n) is 8.88. The minimum absolute atomic E-state index is 0.168. The molecule has 3 heterocycles. The van der Waals surface area contributed by atoms with Crippen LogP contribution < -0.4 is 4.90 Å². The van der Waals surface area contributed by atoms with E-state index in [1.54, 1.807) is 18.2 Å². The van der Waals surface area contributed by atoms with Crippen LogP contribution in [-0.4, -0.2) is 41.7 Å². The summed E-state index contributed by atoms with van der Waals surface area (Å²) >= 11 is 0. The molecule has 0 spiro atoms. The van der Waals surface area contributed by atoms with Crippen LogP contribution in [0.1, 0.15) is 19.4 Å². The molecule has 0 radical (unpaired) electrons. The molecule has 29 heavy (non-hydrogen) atoms. The molecular formula is C20H16N2O7. The standard InChI is InChI=1S/C20H16N2O7/c1-10(23)27-19(28-11(2)24)20-8-7-14(29-20)15-16(20)18(26)22(17(15)25)13-6-4-3-5-12(13)9-21/h3-8,14-16,19H,1-2H3/t14-,15-,16+,20+/m1/s1. The van der Waals surface area contributed by atoms with Gasteiger partial charge >= 0.3 is 11.9 Å². The highest BCUT2D eigenvalue weighted by Gasteiger charge is 2.72. The zero-order chi connectivity index (χ0) is 20.9. The lowest BCUT2D eigenvalue weighted by molar-refractivity contribution is -0.226. The van der Waals surface area contributed by atoms with Gasteiger partial charge in [0.1, 0.15) is 6.07 Å². The lowest BCUT2D eigenvalue weighted by atomic mass is 9.76. The van der Waals surface area contributed by atoms with Crippen molar-refractivity contribution in [2.45, 2.75) is 31.8 Å². The van der Waals surface area contributed by atoms with Crippen molar-refractivity contribution in [2.24, 2.45) is 11.8 Å². The topological polar surface area (TPSA) is 123 Å². The number of esters is 2. The van der Waals surface area contributed by atoms with Gasteiger partial charge in [0.25, 0.3) is 6.29 Å². The van der Waals surface area contributed by atoms with Crippen LogP contribution in [0.25, 0.3) is 0 Å². The summed E-state index contributed by atoms with van der Waals surface area (Å²) in [6.07, 6.45) is 0.813. The van der Waals surface area contributed by atoms with Crippen LogP contribution in [0.2, 0.25) is 0 Å². The molecule has 0 aliphatic carbocycles. The number of amides is 2. The second kappa shape index (κ2) is 6.53. The highest BCUT2D eigenvalue weighted by atomic mass is 16.7. The molecule has 0 unspecified atom stereocenters. The molecule has 0 aromatic heterocycles. The van der Waals surface area contributed by atoms with Crippen molar-refractivity contribution in [2.75, 3.05) is 4.90 Å². The summed E-state index contributed by atoms with van der Waals surface area (Å²) in [5.74, 6) is -4.56. The number of nitrogens with zero attached hydrogens (tertiary/aromatic N) is 2. The minimum Gasteiger partial charge on any atom is -0.422 e. The van der Waals surface area contributed by atoms with Crippen LogP contribution in [0, 0.1) is 23.2 Å². The molecule has 0 saturated carbocycles. The molecule has 148 valence electrons. The first-order chi connectivity index (χ1) is 13.8. The van der Waals surface area contributed by atoms with Gasteiger partial charge in [0, 0.05) is 13.8 Å². The van der Waals surface area contributed by atoms with E-state index in [4.69, 9.17) is 14.2 Å². The number of anilines is 1. The molecule has 9 heteroatoms. The zero-order valence-electron chi connectivity index (χ0n) is 15.5. The normalized spacial score (nSPS) is 29.2. The number of hydrogen-bond donors (Lipinski definition) is 0. The average Bonchev–Trinajstić information content (AvgIpc) is 3.32. The van der Waals surface area contributed by atoms with Crippen molar-refractivity contribution in [3.8, 4) is 6.07 Å². The molecule has 2 fully saturated rings. The summed E-state index contributed by atoms with van der Waals surface area (Å²) in [5, 5.41) is 9.36. The van der Waals surface area contributed by atoms with E-state index in [1.165, 1.54) is 18.2 Å². The molecule has 1 aromatic rings. The molecule has 4 rings (SSSR count). The Balaban J connectivity index is 1.78. The molecule has 2 amide bonds. The van der Waals surface area contributed by atoms with Gasteiger partial charge < -0.3 is 14.2 Å². The van der Waals surface area contributed by atoms with E-state index in [9.17, 15) is 24.4 Å². The third kappa shape index (κ3) is 2.64. The van der Waals surface area contributed by atoms with Gasteiger partial charge in [-0.15, -0.1) is 0 Å². The monoisotopic (exact) mass is 396 g/mol. The second-order valence-electron chi connectivity index (χ2n) is 6.99. The Bertz CT molecular complexity index is 994. The fraction of sp³-hybridized carbons (Fsp3) is 0.350. The van der Waals surface area contributed by atoms with Crippen LogP contribution in [-0.2, 0) is 33.4 Å². The van der Waals surface area contributed by atoms with Crippen molar-refractivity contribution in [3.63, 3.8) is 0 Å². The van der Waals surface area contributed by atoms with E-state index in [1.807, 2.05) is 6.07 Å². The molecule has 4 atom stereocenters. The van der Waals surface area contributed by atoms with Crippen LogP contribution in [0.5, 0.6) is 0 Å². The first kappa shape index (κ1) is 18.8. The van der Waals surface area contributed by atoms with Gasteiger partial charge in [-0.1, -0.05) is 18.2 Å². The predicted octanol–water partition coefficient (Wildman–Crippen LogP) is 0.824. The van der Waals surface area contributed by atoms with Gasteiger partial charge in [-0.05, 0) is 18.2 Å². The lowest BCUT2D eigenvalue weighted by Crippen LogP contribution is -2.52. The summed E-state index contributed by atoms with van der Waals surface area (Å²) in [4.78, 5) is 50.6. The van der Waals surface area contributed by atoms with Crippen molar-refractivity contribution in [1.82, 2.24) is 0 Å². The minimum atomic E-state index is -1.62. The Morgan fingerprint density at radius 3 is 2.45 bits per heavy atom. The van der Waals surface area contributed by atoms with Crippen LogP contribution >= 0.6 is 0 Å². The Morgan fingerprint density at radius 1 is 1.17 bits per heavy atom. The van der Waals surface area contributed by atoms with Gasteiger partial charge in [-0.25, -0.2) is 4.90 Å². The number of para-hydroxylation sites is 1. The quantitative estimate of drug-likeness (QED) is 0.317. The molecule has 0 N–H and O–H groups in total. The average molecular weight is 396 g/mol. The number of fused-ring (bicyclic) bond motifs is 5. The number of benzene rings is 1. The van der Waals surface area contributed by atoms with Crippen molar-refractivity contribution in [1.29, 1.82) is 5.26 Å². The van der Waals surface area contributed by atoms with Crippen molar-refractivity contribution in [3.05, 3.63) is 42.0 Å². The molecule has 3 aliphatic heterocycles. The summed E-state index contributed by atoms with van der Waals surface area (Å²) in [6.45, 7) is 2.26. The zero-order valence-corrected chi connectivity index (χ0v) is 15.5. The van der Waals surface area contributed by atoms with E-state index in [-0.39, 0.29) is 11.3 Å². The van der Waals surface area contributed by atoms with E-state index in [2.05, 4.69) is 0 Å². The van der Waals surface area contributed by atoms with Crippen molar-refractivity contribution >= 4 is 29.4 Å². The predicted molar refractivity (Wildman–Crippen MR) is 94.7 cm³/mol. The molecule has 2 bridgehead atoms. The Morgan fingerprint density at radius 2 is 1.83 bits per heavy atom. The number of rotatable bonds is 4. The van der Waals surface area contributed by atoms with Crippen LogP contribution in [0.15, 0.2) is 36.4 Å². The summed E-state index contributed by atoms with van der Waals surface area (Å²) in [7, 11) is 0. The number of nitriles is 1. The van der Waals surface area contributed by atoms with Gasteiger partial charge in [-0.3, -0.25) is 19.2 Å². The van der Waals surface area contributed by atoms with E-state index >= 15 is 0 Å². The molecule has 2 saturated heterocycles. The molecule has 3 aliphatic rings. The van der Waals surface area contributed by atoms with Crippen molar-refractivity contribution < 1.29 is 33.4 Å². The maximum atomic E-state index is 13.3. The lowest BCUT2D eigenvalue weighted by Gasteiger charge is -2.34. The number of carbonyl (C=O) groups is 4. The molecule has 9 nitrogen and oxygen atoms in total. The van der Waals surface area contributed by atoms with Crippen LogP contribution in [0.3, 0.4) is 0 Å². The number of imide groups is 1. The largest absolute Gasteiger partial charge is 0.422 e. The highest BCUT2D eigenvalue weighted by Crippen LogP contribution is 2.54.